The van der Waals surface area contributed by atoms with Crippen LogP contribution in [-0.2, 0) is 13.1 Å². The Morgan fingerprint density at radius 2 is 1.72 bits per heavy atom. The second kappa shape index (κ2) is 8.56. The van der Waals surface area contributed by atoms with E-state index in [-0.39, 0.29) is 12.4 Å². The van der Waals surface area contributed by atoms with Gasteiger partial charge >= 0.3 is 0 Å². The average molecular weight is 342 g/mol. The highest BCUT2D eigenvalue weighted by atomic mass is 19.1. The maximum atomic E-state index is 13.9. The zero-order chi connectivity index (χ0) is 17.6. The molecule has 25 heavy (non-hydrogen) atoms. The molecule has 1 unspecified atom stereocenters. The Morgan fingerprint density at radius 1 is 1.00 bits per heavy atom. The van der Waals surface area contributed by atoms with Gasteiger partial charge in [-0.1, -0.05) is 42.5 Å². The fraction of sp³-hybridized carbons (Fsp3) is 0.429. The maximum absolute atomic E-state index is 13.9. The summed E-state index contributed by atoms with van der Waals surface area (Å²) in [7, 11) is 0. The van der Waals surface area contributed by atoms with Gasteiger partial charge in [-0.3, -0.25) is 9.80 Å². The van der Waals surface area contributed by atoms with Crippen molar-refractivity contribution in [2.24, 2.45) is 0 Å². The number of benzene rings is 2. The van der Waals surface area contributed by atoms with E-state index in [9.17, 15) is 9.50 Å². The summed E-state index contributed by atoms with van der Waals surface area (Å²) in [6, 6.07) is 15.8. The number of aliphatic hydroxyl groups excluding tert-OH is 1. The van der Waals surface area contributed by atoms with Crippen molar-refractivity contribution >= 4 is 0 Å². The van der Waals surface area contributed by atoms with Crippen molar-refractivity contribution in [3.05, 3.63) is 71.0 Å². The lowest BCUT2D eigenvalue weighted by molar-refractivity contribution is 0.0493. The molecule has 4 heteroatoms. The second-order valence-electron chi connectivity index (χ2n) is 6.89. The van der Waals surface area contributed by atoms with Crippen LogP contribution >= 0.6 is 0 Å². The van der Waals surface area contributed by atoms with Crippen LogP contribution in [0.1, 0.15) is 23.1 Å². The van der Waals surface area contributed by atoms with Gasteiger partial charge < -0.3 is 5.11 Å². The summed E-state index contributed by atoms with van der Waals surface area (Å²) in [5.74, 6) is -0.136. The van der Waals surface area contributed by atoms with Crippen LogP contribution in [0.15, 0.2) is 48.5 Å². The first-order chi connectivity index (χ1) is 12.2. The first kappa shape index (κ1) is 18.1. The molecule has 0 radical (unpaired) electrons. The van der Waals surface area contributed by atoms with E-state index in [1.165, 1.54) is 17.2 Å². The topological polar surface area (TPSA) is 26.7 Å². The third-order valence-electron chi connectivity index (χ3n) is 5.14. The van der Waals surface area contributed by atoms with Gasteiger partial charge in [0, 0.05) is 50.9 Å². The molecule has 0 amide bonds. The smallest absolute Gasteiger partial charge is 0.127 e. The molecule has 1 N–H and O–H groups in total. The third-order valence-corrected chi connectivity index (χ3v) is 5.14. The van der Waals surface area contributed by atoms with Gasteiger partial charge in [0.1, 0.15) is 5.82 Å². The van der Waals surface area contributed by atoms with E-state index in [2.05, 4.69) is 41.0 Å². The van der Waals surface area contributed by atoms with Crippen molar-refractivity contribution in [1.82, 2.24) is 9.80 Å². The van der Waals surface area contributed by atoms with Gasteiger partial charge in [0.05, 0.1) is 0 Å². The Hall–Kier alpha value is -1.75. The van der Waals surface area contributed by atoms with Crippen LogP contribution in [-0.4, -0.2) is 47.2 Å². The van der Waals surface area contributed by atoms with Crippen LogP contribution in [0.3, 0.4) is 0 Å². The summed E-state index contributed by atoms with van der Waals surface area (Å²) in [6.07, 6.45) is 0.750. The van der Waals surface area contributed by atoms with E-state index in [1.54, 1.807) is 6.07 Å². The summed E-state index contributed by atoms with van der Waals surface area (Å²) in [5.41, 5.74) is 3.39. The lowest BCUT2D eigenvalue weighted by Crippen LogP contribution is -2.52. The molecule has 3 rings (SSSR count). The average Bonchev–Trinajstić information content (AvgIpc) is 2.61. The molecule has 0 aliphatic carbocycles. The zero-order valence-electron chi connectivity index (χ0n) is 14.9. The molecule has 0 saturated carbocycles. The second-order valence-corrected chi connectivity index (χ2v) is 6.89. The minimum Gasteiger partial charge on any atom is -0.396 e. The molecule has 0 bridgehead atoms. The molecular formula is C21H27FN2O. The number of nitrogens with zero attached hydrogens (tertiary/aromatic N) is 2. The highest BCUT2D eigenvalue weighted by molar-refractivity contribution is 5.25. The molecule has 0 aromatic heterocycles. The Labute approximate surface area is 149 Å². The van der Waals surface area contributed by atoms with E-state index in [0.29, 0.717) is 12.6 Å². The molecule has 1 aliphatic heterocycles. The quantitative estimate of drug-likeness (QED) is 0.873. The SMILES string of the molecule is Cc1ccccc1CN1CCN(Cc2ccccc2F)CC1CCO. The van der Waals surface area contributed by atoms with Crippen LogP contribution in [0.2, 0.25) is 0 Å². The van der Waals surface area contributed by atoms with Gasteiger partial charge in [0.15, 0.2) is 0 Å². The highest BCUT2D eigenvalue weighted by Crippen LogP contribution is 2.20. The lowest BCUT2D eigenvalue weighted by Gasteiger charge is -2.41. The Kier molecular flexibility index (Phi) is 6.19. The third kappa shape index (κ3) is 4.66. The van der Waals surface area contributed by atoms with E-state index in [4.69, 9.17) is 0 Å². The lowest BCUT2D eigenvalue weighted by atomic mass is 10.0. The van der Waals surface area contributed by atoms with Crippen LogP contribution < -0.4 is 0 Å². The molecule has 1 atom stereocenters. The number of aryl methyl sites for hydroxylation is 1. The molecule has 2 aromatic rings. The maximum Gasteiger partial charge on any atom is 0.127 e. The fourth-order valence-electron chi connectivity index (χ4n) is 3.61. The van der Waals surface area contributed by atoms with E-state index < -0.39 is 0 Å². The fourth-order valence-corrected chi connectivity index (χ4v) is 3.61. The standard InChI is InChI=1S/C21H27FN2O/c1-17-6-2-3-7-18(17)15-24-12-11-23(16-20(24)10-13-25)14-19-8-4-5-9-21(19)22/h2-9,20,25H,10-16H2,1H3. The molecule has 0 spiro atoms. The number of hydrogen-bond donors (Lipinski definition) is 1. The summed E-state index contributed by atoms with van der Waals surface area (Å²) < 4.78 is 13.9. The van der Waals surface area contributed by atoms with E-state index in [0.717, 1.165) is 38.2 Å². The van der Waals surface area contributed by atoms with Crippen molar-refractivity contribution in [1.29, 1.82) is 0 Å². The van der Waals surface area contributed by atoms with Crippen molar-refractivity contribution in [2.45, 2.75) is 32.5 Å². The van der Waals surface area contributed by atoms with Gasteiger partial charge in [0.25, 0.3) is 0 Å². The van der Waals surface area contributed by atoms with Crippen LogP contribution in [0.5, 0.6) is 0 Å². The van der Waals surface area contributed by atoms with Gasteiger partial charge in [-0.2, -0.15) is 0 Å². The Morgan fingerprint density at radius 3 is 2.44 bits per heavy atom. The molecular weight excluding hydrogens is 315 g/mol. The largest absolute Gasteiger partial charge is 0.396 e. The molecule has 1 saturated heterocycles. The Balaban J connectivity index is 1.66. The summed E-state index contributed by atoms with van der Waals surface area (Å²) in [6.45, 7) is 6.58. The summed E-state index contributed by atoms with van der Waals surface area (Å²) >= 11 is 0. The molecule has 1 aliphatic rings. The van der Waals surface area contributed by atoms with Gasteiger partial charge in [-0.05, 0) is 30.5 Å². The van der Waals surface area contributed by atoms with Gasteiger partial charge in [0.2, 0.25) is 0 Å². The van der Waals surface area contributed by atoms with Crippen LogP contribution in [0.25, 0.3) is 0 Å². The van der Waals surface area contributed by atoms with E-state index in [1.807, 2.05) is 12.1 Å². The molecule has 1 fully saturated rings. The number of rotatable bonds is 6. The summed E-state index contributed by atoms with van der Waals surface area (Å²) in [4.78, 5) is 4.75. The Bertz CT molecular complexity index is 691. The molecule has 134 valence electrons. The monoisotopic (exact) mass is 342 g/mol. The van der Waals surface area contributed by atoms with Gasteiger partial charge in [-0.25, -0.2) is 4.39 Å². The number of halogens is 1. The highest BCUT2D eigenvalue weighted by Gasteiger charge is 2.27. The minimum absolute atomic E-state index is 0.136. The predicted molar refractivity (Wildman–Crippen MR) is 98.8 cm³/mol. The predicted octanol–water partition coefficient (Wildman–Crippen LogP) is 3.20. The van der Waals surface area contributed by atoms with Crippen molar-refractivity contribution < 1.29 is 9.50 Å². The molecule has 1 heterocycles. The molecule has 3 nitrogen and oxygen atoms in total. The van der Waals surface area contributed by atoms with E-state index >= 15 is 0 Å². The van der Waals surface area contributed by atoms with Crippen molar-refractivity contribution in [2.75, 3.05) is 26.2 Å². The number of piperazine rings is 1. The van der Waals surface area contributed by atoms with Crippen molar-refractivity contribution in [3.63, 3.8) is 0 Å². The van der Waals surface area contributed by atoms with Gasteiger partial charge in [-0.15, -0.1) is 0 Å². The van der Waals surface area contributed by atoms with Crippen LogP contribution in [0, 0.1) is 12.7 Å². The summed E-state index contributed by atoms with van der Waals surface area (Å²) in [5, 5.41) is 9.47. The minimum atomic E-state index is -0.136. The number of aliphatic hydroxyl groups is 1. The first-order valence-electron chi connectivity index (χ1n) is 9.02. The van der Waals surface area contributed by atoms with Crippen molar-refractivity contribution in [3.8, 4) is 0 Å². The zero-order valence-corrected chi connectivity index (χ0v) is 14.9. The number of hydrogen-bond acceptors (Lipinski definition) is 3. The normalized spacial score (nSPS) is 19.2. The molecule has 2 aromatic carbocycles. The first-order valence-corrected chi connectivity index (χ1v) is 9.02. The van der Waals surface area contributed by atoms with Crippen LogP contribution in [0.4, 0.5) is 4.39 Å².